The summed E-state index contributed by atoms with van der Waals surface area (Å²) in [6.07, 6.45) is 1.08. The fourth-order valence-electron chi connectivity index (χ4n) is 1.73. The molecular formula is C12H30FN5. The van der Waals surface area contributed by atoms with E-state index in [0.29, 0.717) is 26.2 Å². The summed E-state index contributed by atoms with van der Waals surface area (Å²) >= 11 is 0. The maximum Gasteiger partial charge on any atom is 0.0418 e. The van der Waals surface area contributed by atoms with Crippen molar-refractivity contribution in [2.45, 2.75) is 13.3 Å². The van der Waals surface area contributed by atoms with Crippen molar-refractivity contribution >= 4 is 0 Å². The fourth-order valence-corrected chi connectivity index (χ4v) is 1.73. The minimum atomic E-state index is 0.437. The van der Waals surface area contributed by atoms with Crippen LogP contribution in [0.4, 0.5) is 4.48 Å². The third kappa shape index (κ3) is 10.9. The molecule has 0 spiro atoms. The largest absolute Gasteiger partial charge is 0.329 e. The van der Waals surface area contributed by atoms with Crippen LogP contribution in [-0.4, -0.2) is 76.0 Å². The van der Waals surface area contributed by atoms with Gasteiger partial charge in [0.15, 0.2) is 0 Å². The highest BCUT2D eigenvalue weighted by atomic mass is 19.2. The minimum absolute atomic E-state index is 0.437. The molecule has 0 atom stereocenters. The molecule has 110 valence electrons. The Morgan fingerprint density at radius 1 is 1.00 bits per heavy atom. The van der Waals surface area contributed by atoms with Crippen LogP contribution in [0.25, 0.3) is 0 Å². The van der Waals surface area contributed by atoms with Crippen LogP contribution in [0.5, 0.6) is 0 Å². The number of nitrogens with zero attached hydrogens (tertiary/aromatic N) is 2. The summed E-state index contributed by atoms with van der Waals surface area (Å²) in [6, 6.07) is 0. The van der Waals surface area contributed by atoms with Crippen LogP contribution >= 0.6 is 0 Å². The molecular weight excluding hydrogens is 233 g/mol. The Kier molecular flexibility index (Phi) is 13.0. The first kappa shape index (κ1) is 17.7. The highest BCUT2D eigenvalue weighted by Gasteiger charge is 2.06. The van der Waals surface area contributed by atoms with E-state index in [2.05, 4.69) is 22.5 Å². The van der Waals surface area contributed by atoms with Gasteiger partial charge in [-0.15, -0.1) is 9.60 Å². The van der Waals surface area contributed by atoms with Gasteiger partial charge in [-0.05, 0) is 20.0 Å². The van der Waals surface area contributed by atoms with Crippen LogP contribution in [-0.2, 0) is 0 Å². The Labute approximate surface area is 111 Å². The minimum Gasteiger partial charge on any atom is -0.329 e. The third-order valence-corrected chi connectivity index (χ3v) is 2.73. The monoisotopic (exact) mass is 263 g/mol. The predicted molar refractivity (Wildman–Crippen MR) is 75.3 cm³/mol. The Balaban J connectivity index is 3.50. The van der Waals surface area contributed by atoms with Crippen molar-refractivity contribution in [2.75, 3.05) is 66.0 Å². The molecule has 5 nitrogen and oxygen atoms in total. The fraction of sp³-hybridized carbons (Fsp3) is 1.00. The molecule has 0 radical (unpaired) electrons. The van der Waals surface area contributed by atoms with E-state index in [4.69, 9.17) is 5.73 Å². The van der Waals surface area contributed by atoms with Crippen LogP contribution in [0.2, 0.25) is 0 Å². The van der Waals surface area contributed by atoms with Crippen molar-refractivity contribution in [2.24, 2.45) is 5.73 Å². The van der Waals surface area contributed by atoms with Crippen molar-refractivity contribution in [1.82, 2.24) is 20.7 Å². The van der Waals surface area contributed by atoms with Crippen LogP contribution < -0.4 is 16.4 Å². The Hall–Kier alpha value is -0.270. The molecule has 0 saturated carbocycles. The van der Waals surface area contributed by atoms with Gasteiger partial charge in [0, 0.05) is 52.4 Å². The molecule has 0 aromatic rings. The van der Waals surface area contributed by atoms with Gasteiger partial charge < -0.3 is 21.3 Å². The Bertz CT molecular complexity index is 165. The summed E-state index contributed by atoms with van der Waals surface area (Å²) in [6.45, 7) is 8.71. The zero-order chi connectivity index (χ0) is 13.6. The average Bonchev–Trinajstić information content (AvgIpc) is 2.36. The van der Waals surface area contributed by atoms with E-state index in [-0.39, 0.29) is 0 Å². The van der Waals surface area contributed by atoms with Crippen LogP contribution in [0.1, 0.15) is 13.3 Å². The molecule has 0 aromatic carbocycles. The van der Waals surface area contributed by atoms with Crippen LogP contribution in [0.15, 0.2) is 0 Å². The second-order valence-corrected chi connectivity index (χ2v) is 4.39. The topological polar surface area (TPSA) is 56.6 Å². The second-order valence-electron chi connectivity index (χ2n) is 4.39. The quantitative estimate of drug-likeness (QED) is 0.313. The SMILES string of the molecule is CCCN(CCN)CCN(F)CCNCCNC. The molecule has 0 bridgehead atoms. The van der Waals surface area contributed by atoms with Gasteiger partial charge in [0.05, 0.1) is 0 Å². The predicted octanol–water partition coefficient (Wildman–Crippen LogP) is -0.347. The number of hydrogen-bond acceptors (Lipinski definition) is 5. The summed E-state index contributed by atoms with van der Waals surface area (Å²) in [5.41, 5.74) is 5.53. The molecule has 0 fully saturated rings. The van der Waals surface area contributed by atoms with E-state index < -0.39 is 0 Å². The van der Waals surface area contributed by atoms with Gasteiger partial charge in [0.2, 0.25) is 0 Å². The van der Waals surface area contributed by atoms with Crippen molar-refractivity contribution in [3.8, 4) is 0 Å². The van der Waals surface area contributed by atoms with Crippen LogP contribution in [0.3, 0.4) is 0 Å². The van der Waals surface area contributed by atoms with Crippen molar-refractivity contribution in [1.29, 1.82) is 0 Å². The molecule has 0 amide bonds. The highest BCUT2D eigenvalue weighted by molar-refractivity contribution is 4.60. The Morgan fingerprint density at radius 2 is 1.78 bits per heavy atom. The summed E-state index contributed by atoms with van der Waals surface area (Å²) in [7, 11) is 1.91. The zero-order valence-electron chi connectivity index (χ0n) is 11.9. The molecule has 6 heteroatoms. The molecule has 4 N–H and O–H groups in total. The number of hydrogen-bond donors (Lipinski definition) is 3. The summed E-state index contributed by atoms with van der Waals surface area (Å²) in [5, 5.41) is 7.09. The molecule has 0 rings (SSSR count). The third-order valence-electron chi connectivity index (χ3n) is 2.73. The van der Waals surface area contributed by atoms with Crippen molar-refractivity contribution in [3.63, 3.8) is 0 Å². The molecule has 0 saturated heterocycles. The maximum atomic E-state index is 13.5. The first-order valence-electron chi connectivity index (χ1n) is 6.93. The first-order valence-corrected chi connectivity index (χ1v) is 6.93. The Morgan fingerprint density at radius 3 is 2.39 bits per heavy atom. The first-order chi connectivity index (χ1) is 8.74. The van der Waals surface area contributed by atoms with E-state index in [1.807, 2.05) is 7.05 Å². The average molecular weight is 263 g/mol. The number of likely N-dealkylation sites (N-methyl/N-ethyl adjacent to an activating group) is 1. The molecule has 0 aliphatic carbocycles. The number of rotatable bonds is 13. The van der Waals surface area contributed by atoms with Gasteiger partial charge >= 0.3 is 0 Å². The lowest BCUT2D eigenvalue weighted by Gasteiger charge is -2.22. The van der Waals surface area contributed by atoms with Crippen molar-refractivity contribution in [3.05, 3.63) is 0 Å². The summed E-state index contributed by atoms with van der Waals surface area (Å²) in [5.74, 6) is 0. The highest BCUT2D eigenvalue weighted by Crippen LogP contribution is 1.94. The molecule has 0 heterocycles. The van der Waals surface area contributed by atoms with E-state index in [0.717, 1.165) is 44.3 Å². The van der Waals surface area contributed by atoms with E-state index in [9.17, 15) is 4.48 Å². The number of nitrogens with one attached hydrogen (secondary N) is 2. The second kappa shape index (κ2) is 13.2. The zero-order valence-corrected chi connectivity index (χ0v) is 11.9. The lowest BCUT2D eigenvalue weighted by Crippen LogP contribution is -2.38. The van der Waals surface area contributed by atoms with Gasteiger partial charge in [-0.2, -0.15) is 0 Å². The normalized spacial score (nSPS) is 11.7. The molecule has 18 heavy (non-hydrogen) atoms. The smallest absolute Gasteiger partial charge is 0.0418 e. The van der Waals surface area contributed by atoms with Gasteiger partial charge in [-0.1, -0.05) is 6.92 Å². The van der Waals surface area contributed by atoms with Crippen molar-refractivity contribution < 1.29 is 4.48 Å². The molecule has 0 aromatic heterocycles. The number of nitrogens with two attached hydrogens (primary N) is 1. The maximum absolute atomic E-state index is 13.5. The van der Waals surface area contributed by atoms with Gasteiger partial charge in [-0.25, -0.2) is 0 Å². The van der Waals surface area contributed by atoms with E-state index in [1.54, 1.807) is 0 Å². The lowest BCUT2D eigenvalue weighted by atomic mass is 10.4. The summed E-state index contributed by atoms with van der Waals surface area (Å²) in [4.78, 5) is 2.21. The van der Waals surface area contributed by atoms with Gasteiger partial charge in [-0.3, -0.25) is 0 Å². The van der Waals surface area contributed by atoms with E-state index >= 15 is 0 Å². The molecule has 0 aliphatic rings. The molecule has 0 unspecified atom stereocenters. The number of halogens is 1. The van der Waals surface area contributed by atoms with Gasteiger partial charge in [0.25, 0.3) is 0 Å². The van der Waals surface area contributed by atoms with E-state index in [1.165, 1.54) is 0 Å². The standard InChI is InChI=1S/C12H30FN5/c1-3-8-17(9-4-14)11-12-18(13)10-7-16-6-5-15-2/h15-16H,3-12,14H2,1-2H3. The lowest BCUT2D eigenvalue weighted by molar-refractivity contribution is 0.0170. The summed E-state index contributed by atoms with van der Waals surface area (Å²) < 4.78 is 13.5. The molecule has 0 aliphatic heterocycles. The van der Waals surface area contributed by atoms with Crippen LogP contribution in [0, 0.1) is 0 Å². The van der Waals surface area contributed by atoms with Gasteiger partial charge in [0.1, 0.15) is 0 Å².